The van der Waals surface area contributed by atoms with Crippen LogP contribution in [0.1, 0.15) is 47.0 Å². The lowest BCUT2D eigenvalue weighted by atomic mass is 10.0. The minimum atomic E-state index is -0.497. The van der Waals surface area contributed by atoms with E-state index in [2.05, 4.69) is 15.8 Å². The topological polar surface area (TPSA) is 106 Å². The molecule has 1 unspecified atom stereocenters. The zero-order valence-electron chi connectivity index (χ0n) is 16.9. The second kappa shape index (κ2) is 12.5. The van der Waals surface area contributed by atoms with Crippen molar-refractivity contribution in [2.75, 3.05) is 18.5 Å². The van der Waals surface area contributed by atoms with Crippen LogP contribution in [0.25, 0.3) is 0 Å². The molecule has 1 rings (SSSR count). The van der Waals surface area contributed by atoms with Gasteiger partial charge in [0.05, 0.1) is 19.1 Å². The van der Waals surface area contributed by atoms with Crippen molar-refractivity contribution >= 4 is 29.2 Å². The van der Waals surface area contributed by atoms with Gasteiger partial charge in [-0.05, 0) is 51.5 Å². The van der Waals surface area contributed by atoms with Crippen LogP contribution in [-0.4, -0.2) is 36.7 Å². The Morgan fingerprint density at radius 1 is 1.00 bits per heavy atom. The maximum absolute atomic E-state index is 12.0. The molecular weight excluding hydrogens is 362 g/mol. The molecule has 0 aliphatic carbocycles. The molecule has 1 aromatic carbocycles. The Hall–Kier alpha value is -2.90. The second-order valence-corrected chi connectivity index (χ2v) is 6.01. The highest BCUT2D eigenvalue weighted by atomic mass is 16.5. The molecule has 0 aliphatic rings. The van der Waals surface area contributed by atoms with Crippen LogP contribution in [0.2, 0.25) is 0 Å². The number of hydrazone groups is 1. The van der Waals surface area contributed by atoms with Crippen molar-refractivity contribution in [3.05, 3.63) is 24.3 Å². The fourth-order valence-corrected chi connectivity index (χ4v) is 2.41. The van der Waals surface area contributed by atoms with Crippen LogP contribution in [0.3, 0.4) is 0 Å². The zero-order chi connectivity index (χ0) is 20.9. The first-order valence-corrected chi connectivity index (χ1v) is 9.43. The summed E-state index contributed by atoms with van der Waals surface area (Å²) >= 11 is 0. The third-order valence-electron chi connectivity index (χ3n) is 3.87. The minimum absolute atomic E-state index is 0.0166. The molecule has 0 aliphatic heterocycles. The van der Waals surface area contributed by atoms with Crippen molar-refractivity contribution in [1.82, 2.24) is 5.43 Å². The number of carbonyl (C=O) groups excluding carboxylic acids is 3. The van der Waals surface area contributed by atoms with Crippen LogP contribution in [0.5, 0.6) is 5.75 Å². The Morgan fingerprint density at radius 2 is 1.64 bits per heavy atom. The summed E-state index contributed by atoms with van der Waals surface area (Å²) in [6.45, 7) is 7.99. The van der Waals surface area contributed by atoms with E-state index in [0.29, 0.717) is 31.0 Å². The maximum atomic E-state index is 12.0. The summed E-state index contributed by atoms with van der Waals surface area (Å²) in [6.07, 6.45) is 0.521. The minimum Gasteiger partial charge on any atom is -0.494 e. The van der Waals surface area contributed by atoms with Crippen LogP contribution < -0.4 is 15.5 Å². The number of benzene rings is 1. The van der Waals surface area contributed by atoms with E-state index in [1.165, 1.54) is 0 Å². The van der Waals surface area contributed by atoms with Gasteiger partial charge in [0.2, 0.25) is 11.8 Å². The third-order valence-corrected chi connectivity index (χ3v) is 3.87. The quantitative estimate of drug-likeness (QED) is 0.343. The molecule has 8 nitrogen and oxygen atoms in total. The molecule has 0 fully saturated rings. The van der Waals surface area contributed by atoms with Crippen molar-refractivity contribution in [1.29, 1.82) is 0 Å². The number of hydrogen-bond donors (Lipinski definition) is 2. The van der Waals surface area contributed by atoms with Gasteiger partial charge in [0.25, 0.3) is 0 Å². The van der Waals surface area contributed by atoms with Crippen LogP contribution >= 0.6 is 0 Å². The summed E-state index contributed by atoms with van der Waals surface area (Å²) < 4.78 is 10.3. The first-order valence-electron chi connectivity index (χ1n) is 9.43. The average Bonchev–Trinajstić information content (AvgIpc) is 2.67. The summed E-state index contributed by atoms with van der Waals surface area (Å²) in [7, 11) is 0. The monoisotopic (exact) mass is 391 g/mol. The normalized spacial score (nSPS) is 12.1. The van der Waals surface area contributed by atoms with Gasteiger partial charge in [-0.1, -0.05) is 6.92 Å². The first kappa shape index (κ1) is 23.1. The summed E-state index contributed by atoms with van der Waals surface area (Å²) in [5.41, 5.74) is 3.47. The van der Waals surface area contributed by atoms with Crippen molar-refractivity contribution in [2.45, 2.75) is 47.0 Å². The number of ether oxygens (including phenoxy) is 2. The van der Waals surface area contributed by atoms with Crippen molar-refractivity contribution in [2.24, 2.45) is 11.0 Å². The highest BCUT2D eigenvalue weighted by Gasteiger charge is 2.21. The standard InChI is InChI=1S/C20H29N3O5/c1-5-17(20(26)28-7-3)14(4)22-23-19(25)13-12-18(24)21-15-8-10-16(11-9-15)27-6-2/h8-11,17H,5-7,12-13H2,1-4H3,(H,21,24)(H,23,25)/b22-14+. The molecule has 0 saturated carbocycles. The van der Waals surface area contributed by atoms with E-state index < -0.39 is 11.8 Å². The van der Waals surface area contributed by atoms with Gasteiger partial charge in [-0.25, -0.2) is 5.43 Å². The van der Waals surface area contributed by atoms with Gasteiger partial charge in [0, 0.05) is 24.2 Å². The number of amides is 2. The molecule has 0 radical (unpaired) electrons. The predicted octanol–water partition coefficient (Wildman–Crippen LogP) is 2.89. The van der Waals surface area contributed by atoms with Crippen molar-refractivity contribution in [3.63, 3.8) is 0 Å². The molecular formula is C20H29N3O5. The van der Waals surface area contributed by atoms with E-state index >= 15 is 0 Å². The first-order chi connectivity index (χ1) is 13.4. The van der Waals surface area contributed by atoms with E-state index in [-0.39, 0.29) is 24.7 Å². The van der Waals surface area contributed by atoms with E-state index in [1.807, 2.05) is 13.8 Å². The lowest BCUT2D eigenvalue weighted by Crippen LogP contribution is -2.27. The SMILES string of the molecule is CCOC(=O)C(CC)/C(C)=N/NC(=O)CCC(=O)Nc1ccc(OCC)cc1. The number of hydrogen-bond acceptors (Lipinski definition) is 6. The molecule has 1 atom stereocenters. The molecule has 28 heavy (non-hydrogen) atoms. The Morgan fingerprint density at radius 3 is 2.21 bits per heavy atom. The Kier molecular flexibility index (Phi) is 10.3. The summed E-state index contributed by atoms with van der Waals surface area (Å²) in [4.78, 5) is 35.7. The molecule has 154 valence electrons. The molecule has 0 bridgehead atoms. The van der Waals surface area contributed by atoms with E-state index in [9.17, 15) is 14.4 Å². The number of rotatable bonds is 11. The fraction of sp³-hybridized carbons (Fsp3) is 0.500. The van der Waals surface area contributed by atoms with E-state index in [0.717, 1.165) is 5.75 Å². The van der Waals surface area contributed by atoms with Crippen LogP contribution in [0.15, 0.2) is 29.4 Å². The molecule has 0 saturated heterocycles. The van der Waals surface area contributed by atoms with Gasteiger partial charge in [0.15, 0.2) is 0 Å². The number of nitrogens with zero attached hydrogens (tertiary/aromatic N) is 1. The van der Waals surface area contributed by atoms with Gasteiger partial charge in [-0.3, -0.25) is 14.4 Å². The molecule has 0 spiro atoms. The van der Waals surface area contributed by atoms with Crippen molar-refractivity contribution < 1.29 is 23.9 Å². The number of nitrogens with one attached hydrogen (secondary N) is 2. The van der Waals surface area contributed by atoms with E-state index in [4.69, 9.17) is 9.47 Å². The van der Waals surface area contributed by atoms with Crippen LogP contribution in [0, 0.1) is 5.92 Å². The van der Waals surface area contributed by atoms with Crippen molar-refractivity contribution in [3.8, 4) is 5.75 Å². The highest BCUT2D eigenvalue weighted by Crippen LogP contribution is 2.16. The molecule has 2 amide bonds. The summed E-state index contributed by atoms with van der Waals surface area (Å²) in [5.74, 6) is -0.822. The lowest BCUT2D eigenvalue weighted by Gasteiger charge is -2.13. The lowest BCUT2D eigenvalue weighted by molar-refractivity contribution is -0.145. The number of anilines is 1. The Balaban J connectivity index is 2.44. The maximum Gasteiger partial charge on any atom is 0.314 e. The van der Waals surface area contributed by atoms with Gasteiger partial charge in [-0.15, -0.1) is 0 Å². The highest BCUT2D eigenvalue weighted by molar-refractivity contribution is 6.01. The van der Waals surface area contributed by atoms with Gasteiger partial charge in [-0.2, -0.15) is 5.10 Å². The molecule has 0 aromatic heterocycles. The summed E-state index contributed by atoms with van der Waals surface area (Å²) in [6, 6.07) is 6.99. The average molecular weight is 391 g/mol. The predicted molar refractivity (Wildman–Crippen MR) is 107 cm³/mol. The number of esters is 1. The number of carbonyl (C=O) groups is 3. The molecule has 1 aromatic rings. The molecule has 0 heterocycles. The summed E-state index contributed by atoms with van der Waals surface area (Å²) in [5, 5.41) is 6.67. The van der Waals surface area contributed by atoms with Gasteiger partial charge in [0.1, 0.15) is 5.75 Å². The molecule has 8 heteroatoms. The van der Waals surface area contributed by atoms with Gasteiger partial charge >= 0.3 is 5.97 Å². The van der Waals surface area contributed by atoms with E-state index in [1.54, 1.807) is 38.1 Å². The smallest absolute Gasteiger partial charge is 0.314 e. The van der Waals surface area contributed by atoms with Crippen LogP contribution in [0.4, 0.5) is 5.69 Å². The largest absolute Gasteiger partial charge is 0.494 e. The fourth-order valence-electron chi connectivity index (χ4n) is 2.41. The van der Waals surface area contributed by atoms with Gasteiger partial charge < -0.3 is 14.8 Å². The Labute approximate surface area is 165 Å². The zero-order valence-corrected chi connectivity index (χ0v) is 16.9. The van der Waals surface area contributed by atoms with Crippen LogP contribution in [-0.2, 0) is 19.1 Å². The second-order valence-electron chi connectivity index (χ2n) is 6.01. The molecule has 2 N–H and O–H groups in total. The Bertz CT molecular complexity index is 686. The third kappa shape index (κ3) is 8.20.